The predicted octanol–water partition coefficient (Wildman–Crippen LogP) is 3.50. The summed E-state index contributed by atoms with van der Waals surface area (Å²) in [6.07, 6.45) is 1.11. The summed E-state index contributed by atoms with van der Waals surface area (Å²) in [5.74, 6) is 1.90. The van der Waals surface area contributed by atoms with E-state index in [4.69, 9.17) is 9.47 Å². The van der Waals surface area contributed by atoms with Gasteiger partial charge in [0.05, 0.1) is 7.11 Å². The lowest BCUT2D eigenvalue weighted by molar-refractivity contribution is 0.232. The maximum atomic E-state index is 6.21. The molecule has 22 heavy (non-hydrogen) atoms. The average Bonchev–Trinajstić information content (AvgIpc) is 2.92. The third kappa shape index (κ3) is 2.57. The summed E-state index contributed by atoms with van der Waals surface area (Å²) in [6.45, 7) is 5.16. The van der Waals surface area contributed by atoms with E-state index in [9.17, 15) is 0 Å². The zero-order valence-electron chi connectivity index (χ0n) is 13.7. The summed E-state index contributed by atoms with van der Waals surface area (Å²) in [7, 11) is 3.67. The highest BCUT2D eigenvalue weighted by Gasteiger charge is 2.27. The van der Waals surface area contributed by atoms with Gasteiger partial charge in [-0.25, -0.2) is 0 Å². The summed E-state index contributed by atoms with van der Waals surface area (Å²) >= 11 is 0. The average molecular weight is 297 g/mol. The van der Waals surface area contributed by atoms with Gasteiger partial charge in [0.2, 0.25) is 0 Å². The Kier molecular flexibility index (Phi) is 4.08. The van der Waals surface area contributed by atoms with Gasteiger partial charge in [-0.1, -0.05) is 18.2 Å². The highest BCUT2D eigenvalue weighted by atomic mass is 16.5. The van der Waals surface area contributed by atoms with Crippen molar-refractivity contribution in [2.75, 3.05) is 20.7 Å². The van der Waals surface area contributed by atoms with Crippen LogP contribution in [0.4, 0.5) is 0 Å². The van der Waals surface area contributed by atoms with Crippen molar-refractivity contribution in [3.63, 3.8) is 0 Å². The van der Waals surface area contributed by atoms with Crippen molar-refractivity contribution in [3.05, 3.63) is 47.0 Å². The van der Waals surface area contributed by atoms with E-state index in [-0.39, 0.29) is 6.10 Å². The molecule has 3 rings (SSSR count). The molecule has 1 unspecified atom stereocenters. The van der Waals surface area contributed by atoms with E-state index >= 15 is 0 Å². The van der Waals surface area contributed by atoms with Gasteiger partial charge in [-0.15, -0.1) is 0 Å². The Morgan fingerprint density at radius 2 is 2.05 bits per heavy atom. The molecular weight excluding hydrogens is 274 g/mol. The molecule has 0 aromatic heterocycles. The van der Waals surface area contributed by atoms with Gasteiger partial charge in [-0.05, 0) is 49.7 Å². The zero-order valence-corrected chi connectivity index (χ0v) is 13.7. The fraction of sp³-hybridized carbons (Fsp3) is 0.368. The normalized spacial score (nSPS) is 16.3. The molecule has 3 nitrogen and oxygen atoms in total. The van der Waals surface area contributed by atoms with Crippen LogP contribution < -0.4 is 14.8 Å². The first-order valence-corrected chi connectivity index (χ1v) is 7.72. The number of aryl methyl sites for hydroxylation is 1. The molecule has 0 fully saturated rings. The number of hydrogen-bond acceptors (Lipinski definition) is 3. The van der Waals surface area contributed by atoms with Crippen LogP contribution in [-0.4, -0.2) is 26.8 Å². The van der Waals surface area contributed by atoms with Crippen LogP contribution in [0.2, 0.25) is 0 Å². The first-order chi connectivity index (χ1) is 10.6. The van der Waals surface area contributed by atoms with Gasteiger partial charge >= 0.3 is 0 Å². The lowest BCUT2D eigenvalue weighted by Gasteiger charge is -2.15. The summed E-state index contributed by atoms with van der Waals surface area (Å²) in [4.78, 5) is 0. The van der Waals surface area contributed by atoms with Crippen LogP contribution >= 0.6 is 0 Å². The van der Waals surface area contributed by atoms with Gasteiger partial charge < -0.3 is 14.8 Å². The molecule has 0 radical (unpaired) electrons. The van der Waals surface area contributed by atoms with Crippen LogP contribution in [0, 0.1) is 13.8 Å². The van der Waals surface area contributed by atoms with Crippen molar-refractivity contribution in [2.24, 2.45) is 0 Å². The van der Waals surface area contributed by atoms with Crippen molar-refractivity contribution in [3.8, 4) is 22.6 Å². The number of fused-ring (bicyclic) bond motifs is 1. The zero-order chi connectivity index (χ0) is 15.7. The fourth-order valence-electron chi connectivity index (χ4n) is 3.11. The summed E-state index contributed by atoms with van der Waals surface area (Å²) in [5.41, 5.74) is 6.17. The van der Waals surface area contributed by atoms with Gasteiger partial charge in [-0.2, -0.15) is 0 Å². The second-order valence-electron chi connectivity index (χ2n) is 5.91. The van der Waals surface area contributed by atoms with Crippen LogP contribution in [0.3, 0.4) is 0 Å². The molecular formula is C19H23NO2. The Hall–Kier alpha value is -2.00. The van der Waals surface area contributed by atoms with E-state index in [0.29, 0.717) is 0 Å². The molecule has 1 aliphatic heterocycles. The van der Waals surface area contributed by atoms with Crippen molar-refractivity contribution >= 4 is 0 Å². The highest BCUT2D eigenvalue weighted by molar-refractivity contribution is 5.77. The Balaban J connectivity index is 2.12. The molecule has 3 heteroatoms. The molecule has 0 aliphatic carbocycles. The van der Waals surface area contributed by atoms with Crippen LogP contribution in [0.25, 0.3) is 11.1 Å². The number of likely N-dealkylation sites (N-methyl/N-ethyl adjacent to an activating group) is 1. The molecule has 1 N–H and O–H groups in total. The molecule has 2 aromatic carbocycles. The van der Waals surface area contributed by atoms with Crippen LogP contribution in [0.15, 0.2) is 30.3 Å². The molecule has 0 bridgehead atoms. The highest BCUT2D eigenvalue weighted by Crippen LogP contribution is 2.43. The van der Waals surface area contributed by atoms with E-state index in [1.807, 2.05) is 7.05 Å². The number of hydrogen-bond donors (Lipinski definition) is 1. The van der Waals surface area contributed by atoms with Gasteiger partial charge in [0.1, 0.15) is 17.6 Å². The Labute approximate surface area is 132 Å². The largest absolute Gasteiger partial charge is 0.497 e. The number of nitrogens with one attached hydrogen (secondary N) is 1. The second-order valence-corrected chi connectivity index (χ2v) is 5.91. The molecule has 0 spiro atoms. The summed E-state index contributed by atoms with van der Waals surface area (Å²) in [5, 5.41) is 3.20. The van der Waals surface area contributed by atoms with E-state index in [2.05, 4.69) is 49.5 Å². The number of ether oxygens (including phenoxy) is 2. The molecule has 1 aliphatic rings. The third-order valence-corrected chi connectivity index (χ3v) is 4.43. The lowest BCUT2D eigenvalue weighted by atomic mass is 9.94. The first kappa shape index (κ1) is 14.9. The summed E-state index contributed by atoms with van der Waals surface area (Å²) in [6, 6.07) is 10.6. The van der Waals surface area contributed by atoms with Crippen molar-refractivity contribution in [1.82, 2.24) is 5.32 Å². The van der Waals surface area contributed by atoms with Crippen LogP contribution in [-0.2, 0) is 6.42 Å². The topological polar surface area (TPSA) is 30.5 Å². The Morgan fingerprint density at radius 1 is 1.23 bits per heavy atom. The number of rotatable bonds is 4. The minimum absolute atomic E-state index is 0.191. The van der Waals surface area contributed by atoms with E-state index in [1.54, 1.807) is 7.11 Å². The number of methoxy groups -OCH3 is 1. The first-order valence-electron chi connectivity index (χ1n) is 7.72. The molecule has 0 amide bonds. The van der Waals surface area contributed by atoms with Crippen LogP contribution in [0.1, 0.15) is 16.7 Å². The van der Waals surface area contributed by atoms with Crippen molar-refractivity contribution in [1.29, 1.82) is 0 Å². The van der Waals surface area contributed by atoms with E-state index in [0.717, 1.165) is 30.0 Å². The molecule has 1 atom stereocenters. The SMILES string of the molecule is CNCC1Cc2cc(OC)cc(-c3cccc(C)c3C)c2O1. The fourth-order valence-corrected chi connectivity index (χ4v) is 3.11. The molecule has 116 valence electrons. The quantitative estimate of drug-likeness (QED) is 0.937. The van der Waals surface area contributed by atoms with Crippen molar-refractivity contribution < 1.29 is 9.47 Å². The maximum absolute atomic E-state index is 6.21. The lowest BCUT2D eigenvalue weighted by Crippen LogP contribution is -2.27. The standard InChI is InChI=1S/C19H23NO2/c1-12-6-5-7-17(13(12)2)18-10-15(21-4)8-14-9-16(11-20-3)22-19(14)18/h5-8,10,16,20H,9,11H2,1-4H3. The monoisotopic (exact) mass is 297 g/mol. The molecule has 0 saturated carbocycles. The third-order valence-electron chi connectivity index (χ3n) is 4.43. The van der Waals surface area contributed by atoms with Crippen LogP contribution in [0.5, 0.6) is 11.5 Å². The number of benzene rings is 2. The van der Waals surface area contributed by atoms with Gasteiger partial charge in [0, 0.05) is 24.1 Å². The van der Waals surface area contributed by atoms with Gasteiger partial charge in [-0.3, -0.25) is 0 Å². The Bertz CT molecular complexity index is 694. The smallest absolute Gasteiger partial charge is 0.131 e. The van der Waals surface area contributed by atoms with Crippen molar-refractivity contribution in [2.45, 2.75) is 26.4 Å². The minimum atomic E-state index is 0.191. The molecule has 0 saturated heterocycles. The predicted molar refractivity (Wildman–Crippen MR) is 90.0 cm³/mol. The van der Waals surface area contributed by atoms with E-state index < -0.39 is 0 Å². The van der Waals surface area contributed by atoms with Gasteiger partial charge in [0.25, 0.3) is 0 Å². The minimum Gasteiger partial charge on any atom is -0.497 e. The second kappa shape index (κ2) is 6.01. The van der Waals surface area contributed by atoms with Gasteiger partial charge in [0.15, 0.2) is 0 Å². The maximum Gasteiger partial charge on any atom is 0.131 e. The van der Waals surface area contributed by atoms with E-state index in [1.165, 1.54) is 22.3 Å². The molecule has 2 aromatic rings. The Morgan fingerprint density at radius 3 is 2.77 bits per heavy atom. The molecule has 1 heterocycles. The summed E-state index contributed by atoms with van der Waals surface area (Å²) < 4.78 is 11.7.